The van der Waals surface area contributed by atoms with Crippen LogP contribution in [0.2, 0.25) is 0 Å². The third-order valence-corrected chi connectivity index (χ3v) is 4.92. The van der Waals surface area contributed by atoms with Crippen molar-refractivity contribution in [2.45, 2.75) is 20.3 Å². The lowest BCUT2D eigenvalue weighted by Gasteiger charge is -2.08. The molecule has 2 aromatic heterocycles. The van der Waals surface area contributed by atoms with Gasteiger partial charge in [0.05, 0.1) is 25.2 Å². The van der Waals surface area contributed by atoms with Gasteiger partial charge in [-0.1, -0.05) is 24.3 Å². The second kappa shape index (κ2) is 9.43. The number of carbonyl (C=O) groups is 1. The van der Waals surface area contributed by atoms with Crippen LogP contribution in [0.3, 0.4) is 0 Å². The van der Waals surface area contributed by atoms with Crippen LogP contribution in [0.25, 0.3) is 28.5 Å². The molecule has 0 atom stereocenters. The molecule has 0 radical (unpaired) electrons. The average molecular weight is 433 g/mol. The van der Waals surface area contributed by atoms with Gasteiger partial charge in [-0.2, -0.15) is 0 Å². The second-order valence-corrected chi connectivity index (χ2v) is 7.05. The lowest BCUT2D eigenvalue weighted by molar-refractivity contribution is -0.136. The molecule has 0 saturated carbocycles. The fraction of sp³-hybridized carbons (Fsp3) is 0.200. The standard InChI is InChI=1S/C25H23NO6/c1-3-29-22(25(27)28)15-18-9-10-21(23-19(18)11-13-31-23)30-14-12-20-16(2)32-24(26-20)17-7-5-4-6-8-17/h4-11,13,15H,3,12,14H2,1-2H3,(H,27,28)/b22-15-. The molecule has 0 amide bonds. The molecular formula is C25H23NO6. The van der Waals surface area contributed by atoms with Gasteiger partial charge in [-0.05, 0) is 49.8 Å². The zero-order chi connectivity index (χ0) is 22.5. The number of hydrogen-bond acceptors (Lipinski definition) is 6. The molecule has 2 heterocycles. The molecule has 0 fully saturated rings. The molecule has 0 spiro atoms. The van der Waals surface area contributed by atoms with E-state index >= 15 is 0 Å². The number of carboxylic acids is 1. The molecule has 1 N–H and O–H groups in total. The zero-order valence-corrected chi connectivity index (χ0v) is 17.8. The molecule has 0 aliphatic heterocycles. The smallest absolute Gasteiger partial charge is 0.371 e. The molecule has 7 heteroatoms. The van der Waals surface area contributed by atoms with Crippen molar-refractivity contribution in [1.82, 2.24) is 4.98 Å². The Kier molecular flexibility index (Phi) is 6.26. The van der Waals surface area contributed by atoms with Crippen LogP contribution in [0.1, 0.15) is 23.9 Å². The normalized spacial score (nSPS) is 11.6. The number of aromatic nitrogens is 1. The third kappa shape index (κ3) is 4.51. The molecule has 164 valence electrons. The van der Waals surface area contributed by atoms with Crippen LogP contribution in [0.5, 0.6) is 5.75 Å². The minimum absolute atomic E-state index is 0.126. The maximum absolute atomic E-state index is 11.4. The van der Waals surface area contributed by atoms with E-state index in [-0.39, 0.29) is 12.4 Å². The van der Waals surface area contributed by atoms with Crippen LogP contribution in [-0.2, 0) is 16.0 Å². The number of carboxylic acid groups (broad SMARTS) is 1. The van der Waals surface area contributed by atoms with Crippen molar-refractivity contribution >= 4 is 23.0 Å². The molecule has 7 nitrogen and oxygen atoms in total. The molecule has 32 heavy (non-hydrogen) atoms. The minimum Gasteiger partial charge on any atom is -0.489 e. The predicted molar refractivity (Wildman–Crippen MR) is 119 cm³/mol. The SMILES string of the molecule is CCO/C(=C\c1ccc(OCCc2nc(-c3ccccc3)oc2C)c2occc12)C(=O)O. The van der Waals surface area contributed by atoms with Gasteiger partial charge in [0.25, 0.3) is 0 Å². The first kappa shape index (κ1) is 21.2. The van der Waals surface area contributed by atoms with Crippen LogP contribution >= 0.6 is 0 Å². The van der Waals surface area contributed by atoms with Crippen molar-refractivity contribution in [2.24, 2.45) is 0 Å². The third-order valence-electron chi connectivity index (χ3n) is 4.92. The molecule has 2 aromatic carbocycles. The van der Waals surface area contributed by atoms with Crippen molar-refractivity contribution in [2.75, 3.05) is 13.2 Å². The number of furan rings is 1. The van der Waals surface area contributed by atoms with Crippen LogP contribution in [0, 0.1) is 6.92 Å². The first-order valence-electron chi connectivity index (χ1n) is 10.3. The van der Waals surface area contributed by atoms with E-state index in [2.05, 4.69) is 4.98 Å². The fourth-order valence-electron chi connectivity index (χ4n) is 3.38. The Balaban J connectivity index is 1.49. The Labute approximate surface area is 184 Å². The van der Waals surface area contributed by atoms with Crippen molar-refractivity contribution in [3.63, 3.8) is 0 Å². The summed E-state index contributed by atoms with van der Waals surface area (Å²) >= 11 is 0. The molecule has 0 saturated heterocycles. The topological polar surface area (TPSA) is 94.9 Å². The van der Waals surface area contributed by atoms with Gasteiger partial charge in [-0.3, -0.25) is 0 Å². The molecule has 0 aliphatic carbocycles. The molecule has 0 aliphatic rings. The van der Waals surface area contributed by atoms with Crippen LogP contribution in [0.4, 0.5) is 0 Å². The maximum atomic E-state index is 11.4. The molecule has 4 rings (SSSR count). The minimum atomic E-state index is -1.12. The van der Waals surface area contributed by atoms with E-state index < -0.39 is 5.97 Å². The van der Waals surface area contributed by atoms with Gasteiger partial charge in [0.15, 0.2) is 11.3 Å². The van der Waals surface area contributed by atoms with E-state index in [1.807, 2.05) is 37.3 Å². The highest BCUT2D eigenvalue weighted by molar-refractivity contribution is 5.96. The summed E-state index contributed by atoms with van der Waals surface area (Å²) in [5.41, 5.74) is 2.98. The van der Waals surface area contributed by atoms with Crippen molar-refractivity contribution in [3.8, 4) is 17.2 Å². The van der Waals surface area contributed by atoms with Crippen molar-refractivity contribution in [1.29, 1.82) is 0 Å². The number of aliphatic carboxylic acids is 1. The number of aryl methyl sites for hydroxylation is 1. The van der Waals surface area contributed by atoms with Gasteiger partial charge in [-0.25, -0.2) is 9.78 Å². The summed E-state index contributed by atoms with van der Waals surface area (Å²) in [7, 11) is 0. The Morgan fingerprint density at radius 2 is 1.97 bits per heavy atom. The van der Waals surface area contributed by atoms with Gasteiger partial charge in [0, 0.05) is 17.4 Å². The largest absolute Gasteiger partial charge is 0.489 e. The second-order valence-electron chi connectivity index (χ2n) is 7.05. The highest BCUT2D eigenvalue weighted by Crippen LogP contribution is 2.31. The molecule has 4 aromatic rings. The Bertz CT molecular complexity index is 1250. The number of nitrogens with zero attached hydrogens (tertiary/aromatic N) is 1. The number of rotatable bonds is 9. The lowest BCUT2D eigenvalue weighted by Crippen LogP contribution is -2.05. The van der Waals surface area contributed by atoms with Gasteiger partial charge < -0.3 is 23.4 Å². The van der Waals surface area contributed by atoms with E-state index in [0.29, 0.717) is 35.8 Å². The monoisotopic (exact) mass is 433 g/mol. The number of fused-ring (bicyclic) bond motifs is 1. The average Bonchev–Trinajstić information content (AvgIpc) is 3.43. The van der Waals surface area contributed by atoms with E-state index in [4.69, 9.17) is 18.3 Å². The van der Waals surface area contributed by atoms with Crippen LogP contribution in [0.15, 0.2) is 69.4 Å². The van der Waals surface area contributed by atoms with Crippen molar-refractivity contribution in [3.05, 3.63) is 77.6 Å². The van der Waals surface area contributed by atoms with E-state index in [9.17, 15) is 9.90 Å². The highest BCUT2D eigenvalue weighted by atomic mass is 16.5. The first-order chi connectivity index (χ1) is 15.6. The summed E-state index contributed by atoms with van der Waals surface area (Å²) in [6, 6.07) is 15.1. The van der Waals surface area contributed by atoms with E-state index in [0.717, 1.165) is 22.4 Å². The van der Waals surface area contributed by atoms with E-state index in [1.165, 1.54) is 6.08 Å². The maximum Gasteiger partial charge on any atom is 0.371 e. The number of benzene rings is 2. The number of ether oxygens (including phenoxy) is 2. The quantitative estimate of drug-likeness (QED) is 0.276. The van der Waals surface area contributed by atoms with E-state index in [1.54, 1.807) is 31.4 Å². The summed E-state index contributed by atoms with van der Waals surface area (Å²) in [6.07, 6.45) is 3.60. The van der Waals surface area contributed by atoms with Crippen molar-refractivity contribution < 1.29 is 28.2 Å². The molecule has 0 unspecified atom stereocenters. The summed E-state index contributed by atoms with van der Waals surface area (Å²) in [5.74, 6) is 0.667. The van der Waals surface area contributed by atoms with Gasteiger partial charge in [0.2, 0.25) is 11.6 Å². The highest BCUT2D eigenvalue weighted by Gasteiger charge is 2.15. The van der Waals surface area contributed by atoms with Gasteiger partial charge in [0.1, 0.15) is 5.76 Å². The zero-order valence-electron chi connectivity index (χ0n) is 17.8. The Morgan fingerprint density at radius 1 is 1.16 bits per heavy atom. The van der Waals surface area contributed by atoms with Gasteiger partial charge >= 0.3 is 5.97 Å². The number of hydrogen-bond donors (Lipinski definition) is 1. The summed E-state index contributed by atoms with van der Waals surface area (Å²) in [5, 5.41) is 10.0. The van der Waals surface area contributed by atoms with Crippen LogP contribution in [-0.4, -0.2) is 29.3 Å². The lowest BCUT2D eigenvalue weighted by atomic mass is 10.1. The summed E-state index contributed by atoms with van der Waals surface area (Å²) < 4.78 is 22.6. The Morgan fingerprint density at radius 3 is 2.72 bits per heavy atom. The fourth-order valence-corrected chi connectivity index (χ4v) is 3.38. The Hall–Kier alpha value is -4.00. The van der Waals surface area contributed by atoms with Crippen LogP contribution < -0.4 is 4.74 Å². The summed E-state index contributed by atoms with van der Waals surface area (Å²) in [4.78, 5) is 16.0. The van der Waals surface area contributed by atoms with Gasteiger partial charge in [-0.15, -0.1) is 0 Å². The first-order valence-corrected chi connectivity index (χ1v) is 10.3. The number of oxazole rings is 1. The molecular weight excluding hydrogens is 410 g/mol. The summed E-state index contributed by atoms with van der Waals surface area (Å²) in [6.45, 7) is 4.27. The predicted octanol–water partition coefficient (Wildman–Crippen LogP) is 5.48. The molecule has 0 bridgehead atoms.